The smallest absolute Gasteiger partial charge is 0.306 e. The van der Waals surface area contributed by atoms with Gasteiger partial charge >= 0.3 is 5.97 Å². The molecule has 18 heavy (non-hydrogen) atoms. The Hall–Kier alpha value is -0.600. The molecule has 0 aromatic carbocycles. The number of nitrogens with zero attached hydrogens (tertiary/aromatic N) is 1. The van der Waals surface area contributed by atoms with Crippen molar-refractivity contribution in [3.05, 3.63) is 0 Å². The number of carbonyl (C=O) groups is 1. The van der Waals surface area contributed by atoms with E-state index in [1.165, 1.54) is 18.0 Å². The lowest BCUT2D eigenvalue weighted by Crippen LogP contribution is -2.09. The molecule has 0 aromatic rings. The van der Waals surface area contributed by atoms with Crippen LogP contribution in [0.25, 0.3) is 0 Å². The van der Waals surface area contributed by atoms with Crippen LogP contribution in [0.4, 0.5) is 0 Å². The third kappa shape index (κ3) is 11.9. The average Bonchev–Trinajstić information content (AvgIpc) is 2.26. The highest BCUT2D eigenvalue weighted by atomic mass is 32.2. The third-order valence-corrected chi connectivity index (χ3v) is 3.43. The summed E-state index contributed by atoms with van der Waals surface area (Å²) in [5.41, 5.74) is 0. The summed E-state index contributed by atoms with van der Waals surface area (Å²) < 4.78 is 29.4. The molecule has 0 amide bonds. The van der Waals surface area contributed by atoms with Gasteiger partial charge in [0.2, 0.25) is 10.0 Å². The molecule has 0 saturated heterocycles. The highest BCUT2D eigenvalue weighted by Crippen LogP contribution is 2.10. The molecule has 0 rings (SSSR count). The molecule has 0 bridgehead atoms. The van der Waals surface area contributed by atoms with Gasteiger partial charge in [0.15, 0.2) is 0 Å². The summed E-state index contributed by atoms with van der Waals surface area (Å²) in [4.78, 5) is 11.2. The molecule has 6 nitrogen and oxygen atoms in total. The van der Waals surface area contributed by atoms with E-state index < -0.39 is 10.0 Å². The van der Waals surface area contributed by atoms with Crippen LogP contribution in [0.2, 0.25) is 0 Å². The van der Waals surface area contributed by atoms with Crippen LogP contribution in [-0.2, 0) is 19.6 Å². The Labute approximate surface area is 112 Å². The molecule has 0 aliphatic heterocycles. The van der Waals surface area contributed by atoms with Gasteiger partial charge in [0.25, 0.3) is 0 Å². The number of hydrogen-bond acceptors (Lipinski definition) is 6. The first kappa shape index (κ1) is 17.4. The van der Waals surface area contributed by atoms with Gasteiger partial charge in [-0.25, -0.2) is 8.42 Å². The molecular weight excluding hydrogens is 278 g/mol. The predicted molar refractivity (Wildman–Crippen MR) is 72.5 cm³/mol. The zero-order valence-corrected chi connectivity index (χ0v) is 12.2. The molecule has 0 spiro atoms. The number of rotatable bonds is 9. The molecular formula is C10H19NO5S2. The molecule has 106 valence electrons. The molecule has 0 radical (unpaired) electrons. The molecule has 0 aliphatic carbocycles. The van der Waals surface area contributed by atoms with Gasteiger partial charge in [-0.1, -0.05) is 6.92 Å². The van der Waals surface area contributed by atoms with Crippen LogP contribution in [0.15, 0.2) is 4.40 Å². The lowest BCUT2D eigenvalue weighted by atomic mass is 10.5. The normalized spacial score (nSPS) is 13.7. The molecule has 0 heterocycles. The summed E-state index contributed by atoms with van der Waals surface area (Å²) in [7, 11) is -3.35. The molecule has 8 heteroatoms. The summed E-state index contributed by atoms with van der Waals surface area (Å²) in [6.45, 7) is 2.08. The van der Waals surface area contributed by atoms with Crippen LogP contribution in [0.3, 0.4) is 0 Å². The van der Waals surface area contributed by atoms with Gasteiger partial charge in [0.1, 0.15) is 0 Å². The number of ether oxygens (including phenoxy) is 1. The summed E-state index contributed by atoms with van der Waals surface area (Å²) in [6.07, 6.45) is 2.76. The highest BCUT2D eigenvalue weighted by molar-refractivity contribution is 7.99. The van der Waals surface area contributed by atoms with Gasteiger partial charge in [-0.3, -0.25) is 4.79 Å². The molecule has 1 atom stereocenters. The van der Waals surface area contributed by atoms with Crippen molar-refractivity contribution in [1.82, 2.24) is 0 Å². The van der Waals surface area contributed by atoms with E-state index in [4.69, 9.17) is 9.84 Å². The van der Waals surface area contributed by atoms with Crippen molar-refractivity contribution in [3.8, 4) is 0 Å². The van der Waals surface area contributed by atoms with Crippen LogP contribution in [-0.4, -0.2) is 56.2 Å². The average molecular weight is 297 g/mol. The topological polar surface area (TPSA) is 93.0 Å². The minimum Gasteiger partial charge on any atom is -0.465 e. The van der Waals surface area contributed by atoms with Crippen molar-refractivity contribution in [2.45, 2.75) is 25.0 Å². The summed E-state index contributed by atoms with van der Waals surface area (Å²) in [5.74, 6) is 0.262. The van der Waals surface area contributed by atoms with Crippen molar-refractivity contribution in [2.24, 2.45) is 4.40 Å². The summed E-state index contributed by atoms with van der Waals surface area (Å²) in [6, 6.07) is 0. The Bertz CT molecular complexity index is 366. The van der Waals surface area contributed by atoms with Gasteiger partial charge in [-0.2, -0.15) is 16.2 Å². The zero-order chi connectivity index (χ0) is 14.0. The molecule has 1 N–H and O–H groups in total. The second-order valence-corrected chi connectivity index (χ2v) is 6.87. The number of sulfonamides is 1. The van der Waals surface area contributed by atoms with Gasteiger partial charge in [0.05, 0.1) is 25.9 Å². The van der Waals surface area contributed by atoms with Crippen LogP contribution < -0.4 is 0 Å². The first-order valence-corrected chi connectivity index (χ1v) is 8.36. The molecule has 1 unspecified atom stereocenters. The van der Waals surface area contributed by atoms with E-state index in [0.29, 0.717) is 5.75 Å². The number of aliphatic hydroxyl groups is 1. The van der Waals surface area contributed by atoms with Crippen molar-refractivity contribution < 1.29 is 23.1 Å². The van der Waals surface area contributed by atoms with Gasteiger partial charge in [-0.15, -0.1) is 0 Å². The van der Waals surface area contributed by atoms with Crippen LogP contribution in [0.1, 0.15) is 19.8 Å². The van der Waals surface area contributed by atoms with E-state index >= 15 is 0 Å². The van der Waals surface area contributed by atoms with Crippen molar-refractivity contribution in [3.63, 3.8) is 0 Å². The third-order valence-electron chi connectivity index (χ3n) is 1.74. The number of hydrogen-bond donors (Lipinski definition) is 1. The van der Waals surface area contributed by atoms with E-state index in [2.05, 4.69) is 4.40 Å². The maximum Gasteiger partial charge on any atom is 0.306 e. The van der Waals surface area contributed by atoms with Crippen LogP contribution in [0.5, 0.6) is 0 Å². The van der Waals surface area contributed by atoms with E-state index in [-0.39, 0.29) is 37.3 Å². The molecule has 0 aromatic heterocycles. The van der Waals surface area contributed by atoms with E-state index in [1.807, 2.05) is 6.92 Å². The second kappa shape index (κ2) is 9.35. The second-order valence-electron chi connectivity index (χ2n) is 3.64. The first-order valence-electron chi connectivity index (χ1n) is 5.47. The lowest BCUT2D eigenvalue weighted by Gasteiger charge is -2.06. The van der Waals surface area contributed by atoms with Gasteiger partial charge in [0, 0.05) is 23.6 Å². The molecule has 0 saturated carbocycles. The number of esters is 1. The fourth-order valence-corrected chi connectivity index (χ4v) is 2.05. The highest BCUT2D eigenvalue weighted by Gasteiger charge is 2.05. The largest absolute Gasteiger partial charge is 0.465 e. The SMILES string of the molecule is CC(CO)SCCC(=O)OCC/C=N/S(C)(=O)=O. The zero-order valence-electron chi connectivity index (χ0n) is 10.5. The Morgan fingerprint density at radius 3 is 2.78 bits per heavy atom. The summed E-state index contributed by atoms with van der Waals surface area (Å²) >= 11 is 1.50. The number of carbonyl (C=O) groups excluding carboxylic acids is 1. The van der Waals surface area contributed by atoms with E-state index in [0.717, 1.165) is 6.26 Å². The predicted octanol–water partition coefficient (Wildman–Crippen LogP) is 0.454. The maximum atomic E-state index is 11.2. The quantitative estimate of drug-likeness (QED) is 0.377. The van der Waals surface area contributed by atoms with Crippen LogP contribution in [0, 0.1) is 0 Å². The van der Waals surface area contributed by atoms with E-state index in [1.54, 1.807) is 0 Å². The van der Waals surface area contributed by atoms with Gasteiger partial charge in [-0.05, 0) is 0 Å². The standard InChI is InChI=1S/C10H19NO5S2/c1-9(8-12)17-7-4-10(13)16-6-3-5-11-18(2,14)15/h5,9,12H,3-4,6-8H2,1-2H3/b11-5+. The number of aliphatic hydroxyl groups excluding tert-OH is 1. The number of thioether (sulfide) groups is 1. The minimum absolute atomic E-state index is 0.0850. The lowest BCUT2D eigenvalue weighted by molar-refractivity contribution is -0.142. The first-order chi connectivity index (χ1) is 8.35. The Morgan fingerprint density at radius 2 is 2.22 bits per heavy atom. The Morgan fingerprint density at radius 1 is 1.56 bits per heavy atom. The fraction of sp³-hybridized carbons (Fsp3) is 0.800. The Kier molecular flexibility index (Phi) is 9.03. The monoisotopic (exact) mass is 297 g/mol. The maximum absolute atomic E-state index is 11.2. The summed E-state index contributed by atoms with van der Waals surface area (Å²) in [5, 5.41) is 8.88. The minimum atomic E-state index is -3.35. The van der Waals surface area contributed by atoms with Crippen molar-refractivity contribution in [1.29, 1.82) is 0 Å². The van der Waals surface area contributed by atoms with Gasteiger partial charge < -0.3 is 9.84 Å². The molecule has 0 fully saturated rings. The Balaban J connectivity index is 3.57. The van der Waals surface area contributed by atoms with Crippen molar-refractivity contribution >= 4 is 34.0 Å². The van der Waals surface area contributed by atoms with E-state index in [9.17, 15) is 13.2 Å². The molecule has 0 aliphatic rings. The fourth-order valence-electron chi connectivity index (χ4n) is 0.882. The van der Waals surface area contributed by atoms with Crippen molar-refractivity contribution in [2.75, 3.05) is 25.2 Å². The van der Waals surface area contributed by atoms with Crippen LogP contribution >= 0.6 is 11.8 Å².